The molecule has 1 aliphatic heterocycles. The van der Waals surface area contributed by atoms with Crippen molar-refractivity contribution in [2.75, 3.05) is 13.1 Å². The van der Waals surface area contributed by atoms with Gasteiger partial charge in [0.15, 0.2) is 5.82 Å². The fourth-order valence-electron chi connectivity index (χ4n) is 3.11. The van der Waals surface area contributed by atoms with Crippen molar-refractivity contribution in [2.24, 2.45) is 5.92 Å². The SMILES string of the molecule is Cc1nc(-c2ncc[nH]2)cc([C@@H]2CCCN(C(=O)C(C)C)C2)n1. The third kappa shape index (κ3) is 3.41. The molecule has 0 aliphatic carbocycles. The van der Waals surface area contributed by atoms with E-state index >= 15 is 0 Å². The van der Waals surface area contributed by atoms with Crippen LogP contribution in [0.1, 0.15) is 44.1 Å². The number of likely N-dealkylation sites (tertiary alicyclic amines) is 1. The van der Waals surface area contributed by atoms with E-state index in [9.17, 15) is 4.79 Å². The molecule has 0 saturated carbocycles. The number of nitrogens with zero attached hydrogens (tertiary/aromatic N) is 4. The summed E-state index contributed by atoms with van der Waals surface area (Å²) in [6, 6.07) is 2.00. The lowest BCUT2D eigenvalue weighted by molar-refractivity contribution is -0.135. The summed E-state index contributed by atoms with van der Waals surface area (Å²) in [6.07, 6.45) is 5.57. The highest BCUT2D eigenvalue weighted by Crippen LogP contribution is 2.28. The van der Waals surface area contributed by atoms with Gasteiger partial charge in [0.25, 0.3) is 0 Å². The average Bonchev–Trinajstić information content (AvgIpc) is 3.08. The Morgan fingerprint density at radius 3 is 2.91 bits per heavy atom. The average molecular weight is 313 g/mol. The highest BCUT2D eigenvalue weighted by Gasteiger charge is 2.27. The lowest BCUT2D eigenvalue weighted by Gasteiger charge is -2.33. The van der Waals surface area contributed by atoms with E-state index in [0.717, 1.165) is 49.0 Å². The number of imidazole rings is 1. The van der Waals surface area contributed by atoms with Crippen molar-refractivity contribution in [3.63, 3.8) is 0 Å². The standard InChI is InChI=1S/C17H23N5O/c1-11(2)17(23)22-8-4-5-13(10-22)14-9-15(21-12(3)20-14)16-18-6-7-19-16/h6-7,9,11,13H,4-5,8,10H2,1-3H3,(H,18,19)/t13-/m1/s1. The van der Waals surface area contributed by atoms with Crippen LogP contribution >= 0.6 is 0 Å². The minimum absolute atomic E-state index is 0.0413. The molecule has 0 unspecified atom stereocenters. The highest BCUT2D eigenvalue weighted by molar-refractivity contribution is 5.78. The van der Waals surface area contributed by atoms with E-state index in [0.29, 0.717) is 0 Å². The number of hydrogen-bond donors (Lipinski definition) is 1. The van der Waals surface area contributed by atoms with E-state index in [1.165, 1.54) is 0 Å². The summed E-state index contributed by atoms with van der Waals surface area (Å²) in [7, 11) is 0. The van der Waals surface area contributed by atoms with E-state index in [1.807, 2.05) is 31.7 Å². The lowest BCUT2D eigenvalue weighted by atomic mass is 9.93. The van der Waals surface area contributed by atoms with Gasteiger partial charge >= 0.3 is 0 Å². The van der Waals surface area contributed by atoms with Gasteiger partial charge in [0.05, 0.1) is 0 Å². The van der Waals surface area contributed by atoms with Gasteiger partial charge in [0.1, 0.15) is 11.5 Å². The Kier molecular flexibility index (Phi) is 4.41. The Morgan fingerprint density at radius 2 is 2.22 bits per heavy atom. The maximum atomic E-state index is 12.3. The molecule has 1 saturated heterocycles. The molecular weight excluding hydrogens is 290 g/mol. The monoisotopic (exact) mass is 313 g/mol. The number of nitrogens with one attached hydrogen (secondary N) is 1. The number of aromatic amines is 1. The van der Waals surface area contributed by atoms with Crippen LogP contribution in [0.25, 0.3) is 11.5 Å². The van der Waals surface area contributed by atoms with Crippen LogP contribution in [-0.2, 0) is 4.79 Å². The van der Waals surface area contributed by atoms with Crippen LogP contribution in [0, 0.1) is 12.8 Å². The van der Waals surface area contributed by atoms with E-state index in [4.69, 9.17) is 0 Å². The van der Waals surface area contributed by atoms with Crippen molar-refractivity contribution in [3.8, 4) is 11.5 Å². The van der Waals surface area contributed by atoms with E-state index < -0.39 is 0 Å². The summed E-state index contributed by atoms with van der Waals surface area (Å²) in [5.41, 5.74) is 1.81. The fraction of sp³-hybridized carbons (Fsp3) is 0.529. The Morgan fingerprint density at radius 1 is 1.39 bits per heavy atom. The number of aromatic nitrogens is 4. The predicted molar refractivity (Wildman–Crippen MR) is 87.7 cm³/mol. The van der Waals surface area contributed by atoms with Gasteiger partial charge in [0.2, 0.25) is 5.91 Å². The summed E-state index contributed by atoms with van der Waals surface area (Å²) in [4.78, 5) is 30.7. The molecule has 1 fully saturated rings. The first-order chi connectivity index (χ1) is 11.0. The summed E-state index contributed by atoms with van der Waals surface area (Å²) >= 11 is 0. The maximum absolute atomic E-state index is 12.3. The van der Waals surface area contributed by atoms with Crippen LogP contribution in [0.3, 0.4) is 0 Å². The minimum atomic E-state index is 0.0413. The van der Waals surface area contributed by atoms with Gasteiger partial charge in [-0.25, -0.2) is 15.0 Å². The van der Waals surface area contributed by atoms with Crippen molar-refractivity contribution >= 4 is 5.91 Å². The summed E-state index contributed by atoms with van der Waals surface area (Å²) in [5, 5.41) is 0. The molecular formula is C17H23N5O. The zero-order chi connectivity index (χ0) is 16.4. The second kappa shape index (κ2) is 6.48. The van der Waals surface area contributed by atoms with Crippen molar-refractivity contribution in [2.45, 2.75) is 39.5 Å². The molecule has 0 spiro atoms. The maximum Gasteiger partial charge on any atom is 0.225 e. The third-order valence-electron chi connectivity index (χ3n) is 4.24. The summed E-state index contributed by atoms with van der Waals surface area (Å²) in [5.74, 6) is 2.03. The molecule has 3 heterocycles. The topological polar surface area (TPSA) is 74.8 Å². The van der Waals surface area contributed by atoms with Crippen LogP contribution in [0.15, 0.2) is 18.5 Å². The first-order valence-electron chi connectivity index (χ1n) is 8.18. The van der Waals surface area contributed by atoms with Crippen molar-refractivity contribution in [3.05, 3.63) is 30.0 Å². The van der Waals surface area contributed by atoms with Crippen molar-refractivity contribution in [1.29, 1.82) is 0 Å². The molecule has 0 radical (unpaired) electrons. The molecule has 1 N–H and O–H groups in total. The number of piperidine rings is 1. The summed E-state index contributed by atoms with van der Waals surface area (Å²) < 4.78 is 0. The Labute approximate surface area is 136 Å². The van der Waals surface area contributed by atoms with Gasteiger partial charge in [-0.05, 0) is 25.8 Å². The number of carbonyl (C=O) groups excluding carboxylic acids is 1. The number of H-pyrrole nitrogens is 1. The van der Waals surface area contributed by atoms with E-state index in [1.54, 1.807) is 12.4 Å². The largest absolute Gasteiger partial charge is 0.343 e. The number of rotatable bonds is 3. The van der Waals surface area contributed by atoms with E-state index in [-0.39, 0.29) is 17.7 Å². The van der Waals surface area contributed by atoms with Gasteiger partial charge in [0, 0.05) is 43.0 Å². The number of amides is 1. The Hall–Kier alpha value is -2.24. The first-order valence-corrected chi connectivity index (χ1v) is 8.18. The number of aryl methyl sites for hydroxylation is 1. The van der Waals surface area contributed by atoms with Crippen molar-refractivity contribution < 1.29 is 4.79 Å². The molecule has 122 valence electrons. The normalized spacial score (nSPS) is 18.4. The van der Waals surface area contributed by atoms with Gasteiger partial charge in [-0.1, -0.05) is 13.8 Å². The van der Waals surface area contributed by atoms with Crippen LogP contribution in [0.2, 0.25) is 0 Å². The Balaban J connectivity index is 1.85. The van der Waals surface area contributed by atoms with Gasteiger partial charge in [-0.2, -0.15) is 0 Å². The van der Waals surface area contributed by atoms with E-state index in [2.05, 4.69) is 19.9 Å². The first kappa shape index (κ1) is 15.6. The third-order valence-corrected chi connectivity index (χ3v) is 4.24. The van der Waals surface area contributed by atoms with Gasteiger partial charge < -0.3 is 9.88 Å². The van der Waals surface area contributed by atoms with Crippen LogP contribution in [0.5, 0.6) is 0 Å². The molecule has 6 nitrogen and oxygen atoms in total. The molecule has 2 aromatic rings. The molecule has 0 bridgehead atoms. The second-order valence-corrected chi connectivity index (χ2v) is 6.44. The van der Waals surface area contributed by atoms with Crippen LogP contribution < -0.4 is 0 Å². The predicted octanol–water partition coefficient (Wildman–Crippen LogP) is 2.54. The van der Waals surface area contributed by atoms with Crippen molar-refractivity contribution in [1.82, 2.24) is 24.8 Å². The molecule has 0 aromatic carbocycles. The summed E-state index contributed by atoms with van der Waals surface area (Å²) in [6.45, 7) is 7.40. The number of hydrogen-bond acceptors (Lipinski definition) is 4. The Bertz CT molecular complexity index is 680. The molecule has 1 aliphatic rings. The van der Waals surface area contributed by atoms with Gasteiger partial charge in [-0.15, -0.1) is 0 Å². The number of carbonyl (C=O) groups is 1. The van der Waals surface area contributed by atoms with Crippen LogP contribution in [-0.4, -0.2) is 43.8 Å². The molecule has 2 aromatic heterocycles. The second-order valence-electron chi connectivity index (χ2n) is 6.44. The van der Waals surface area contributed by atoms with Crippen LogP contribution in [0.4, 0.5) is 0 Å². The smallest absolute Gasteiger partial charge is 0.225 e. The lowest BCUT2D eigenvalue weighted by Crippen LogP contribution is -2.41. The quantitative estimate of drug-likeness (QED) is 0.945. The molecule has 3 rings (SSSR count). The minimum Gasteiger partial charge on any atom is -0.343 e. The molecule has 6 heteroatoms. The van der Waals surface area contributed by atoms with Gasteiger partial charge in [-0.3, -0.25) is 4.79 Å². The fourth-order valence-corrected chi connectivity index (χ4v) is 3.11. The molecule has 1 atom stereocenters. The zero-order valence-electron chi connectivity index (χ0n) is 13.9. The zero-order valence-corrected chi connectivity index (χ0v) is 13.9. The molecule has 1 amide bonds. The highest BCUT2D eigenvalue weighted by atomic mass is 16.2. The molecule has 23 heavy (non-hydrogen) atoms.